The van der Waals surface area contributed by atoms with Gasteiger partial charge in [-0.25, -0.2) is 0 Å². The highest BCUT2D eigenvalue weighted by Crippen LogP contribution is 2.32. The first kappa shape index (κ1) is 17.9. The molecular formula is C17H24N4O3. The first-order valence-corrected chi connectivity index (χ1v) is 8.19. The van der Waals surface area contributed by atoms with Crippen LogP contribution in [-0.2, 0) is 9.59 Å². The van der Waals surface area contributed by atoms with E-state index in [-0.39, 0.29) is 36.6 Å². The van der Waals surface area contributed by atoms with Crippen LogP contribution in [0.1, 0.15) is 36.0 Å². The molecule has 130 valence electrons. The summed E-state index contributed by atoms with van der Waals surface area (Å²) in [5, 5.41) is 5.47. The smallest absolute Gasteiger partial charge is 0.253 e. The van der Waals surface area contributed by atoms with Gasteiger partial charge in [0.05, 0.1) is 11.3 Å². The van der Waals surface area contributed by atoms with Crippen LogP contribution in [0.4, 0.5) is 5.69 Å². The van der Waals surface area contributed by atoms with Crippen molar-refractivity contribution in [1.82, 2.24) is 5.32 Å². The Hall–Kier alpha value is -2.41. The van der Waals surface area contributed by atoms with Crippen molar-refractivity contribution < 1.29 is 14.4 Å². The highest BCUT2D eigenvalue weighted by molar-refractivity contribution is 6.04. The number of para-hydroxylation sites is 1. The summed E-state index contributed by atoms with van der Waals surface area (Å²) in [7, 11) is 0. The number of anilines is 1. The number of carbonyl (C=O) groups excluding carboxylic acids is 3. The summed E-state index contributed by atoms with van der Waals surface area (Å²) in [6.07, 6.45) is 2.85. The number of amides is 3. The van der Waals surface area contributed by atoms with E-state index in [0.29, 0.717) is 17.8 Å². The van der Waals surface area contributed by atoms with Crippen molar-refractivity contribution in [3.63, 3.8) is 0 Å². The number of hydrogen-bond acceptors (Lipinski definition) is 4. The molecule has 1 aromatic rings. The molecule has 2 atom stereocenters. The molecule has 6 N–H and O–H groups in total. The monoisotopic (exact) mass is 332 g/mol. The molecule has 0 spiro atoms. The predicted octanol–water partition coefficient (Wildman–Crippen LogP) is 0.605. The van der Waals surface area contributed by atoms with E-state index < -0.39 is 5.91 Å². The summed E-state index contributed by atoms with van der Waals surface area (Å²) in [6.45, 7) is 0.654. The number of nitrogens with two attached hydrogens (primary N) is 2. The van der Waals surface area contributed by atoms with E-state index in [1.807, 2.05) is 0 Å². The van der Waals surface area contributed by atoms with Gasteiger partial charge < -0.3 is 22.1 Å². The third kappa shape index (κ3) is 4.55. The average molecular weight is 332 g/mol. The van der Waals surface area contributed by atoms with E-state index in [9.17, 15) is 14.4 Å². The van der Waals surface area contributed by atoms with Crippen LogP contribution < -0.4 is 22.1 Å². The van der Waals surface area contributed by atoms with Gasteiger partial charge >= 0.3 is 0 Å². The van der Waals surface area contributed by atoms with Gasteiger partial charge in [0.1, 0.15) is 0 Å². The van der Waals surface area contributed by atoms with E-state index in [1.165, 1.54) is 0 Å². The van der Waals surface area contributed by atoms with Gasteiger partial charge in [-0.15, -0.1) is 0 Å². The largest absolute Gasteiger partial charge is 0.370 e. The molecule has 0 aliphatic heterocycles. The summed E-state index contributed by atoms with van der Waals surface area (Å²) in [4.78, 5) is 35.5. The Labute approximate surface area is 141 Å². The zero-order valence-electron chi connectivity index (χ0n) is 13.6. The van der Waals surface area contributed by atoms with E-state index in [4.69, 9.17) is 11.5 Å². The van der Waals surface area contributed by atoms with Crippen LogP contribution in [0.25, 0.3) is 0 Å². The Morgan fingerprint density at radius 1 is 1.17 bits per heavy atom. The highest BCUT2D eigenvalue weighted by atomic mass is 16.2. The van der Waals surface area contributed by atoms with E-state index >= 15 is 0 Å². The number of primary amides is 1. The second-order valence-electron chi connectivity index (χ2n) is 6.04. The fraction of sp³-hybridized carbons (Fsp3) is 0.471. The Bertz CT molecular complexity index is 618. The third-order valence-corrected chi connectivity index (χ3v) is 4.39. The number of nitrogens with one attached hydrogen (secondary N) is 2. The van der Waals surface area contributed by atoms with Crippen molar-refractivity contribution in [3.05, 3.63) is 29.8 Å². The van der Waals surface area contributed by atoms with Crippen LogP contribution >= 0.6 is 0 Å². The number of carbonyl (C=O) groups is 3. The van der Waals surface area contributed by atoms with Crippen LogP contribution in [0.5, 0.6) is 0 Å². The molecule has 0 radical (unpaired) electrons. The lowest BCUT2D eigenvalue weighted by Gasteiger charge is -2.18. The molecule has 0 bridgehead atoms. The summed E-state index contributed by atoms with van der Waals surface area (Å²) >= 11 is 0. The quantitative estimate of drug-likeness (QED) is 0.583. The molecule has 3 amide bonds. The molecule has 2 rings (SSSR count). The minimum Gasteiger partial charge on any atom is -0.370 e. The van der Waals surface area contributed by atoms with E-state index in [0.717, 1.165) is 19.3 Å². The molecule has 0 aromatic heterocycles. The minimum absolute atomic E-state index is 0.0700. The number of benzene rings is 1. The third-order valence-electron chi connectivity index (χ3n) is 4.39. The van der Waals surface area contributed by atoms with Crippen LogP contribution in [0, 0.1) is 11.8 Å². The molecule has 1 aromatic carbocycles. The standard InChI is InChI=1S/C17H24N4O3/c18-10-11-4-3-6-12(11)17(24)21-14-7-2-1-5-13(14)16(23)20-9-8-15(19)22/h1-2,5,7,11-12H,3-4,6,8-10,18H2,(H2,19,22)(H,20,23)(H,21,24)/t11-,12-/m1/s1. The highest BCUT2D eigenvalue weighted by Gasteiger charge is 2.32. The lowest BCUT2D eigenvalue weighted by molar-refractivity contribution is -0.121. The topological polar surface area (TPSA) is 127 Å². The summed E-state index contributed by atoms with van der Waals surface area (Å²) in [5.74, 6) is -0.845. The second kappa shape index (κ2) is 8.44. The summed E-state index contributed by atoms with van der Waals surface area (Å²) in [6, 6.07) is 6.79. The van der Waals surface area contributed by atoms with Crippen molar-refractivity contribution in [2.45, 2.75) is 25.7 Å². The van der Waals surface area contributed by atoms with Crippen molar-refractivity contribution in [2.24, 2.45) is 23.3 Å². The van der Waals surface area contributed by atoms with Gasteiger partial charge in [-0.2, -0.15) is 0 Å². The Morgan fingerprint density at radius 2 is 1.92 bits per heavy atom. The zero-order valence-corrected chi connectivity index (χ0v) is 13.6. The lowest BCUT2D eigenvalue weighted by atomic mass is 9.95. The van der Waals surface area contributed by atoms with Crippen LogP contribution in [-0.4, -0.2) is 30.8 Å². The maximum absolute atomic E-state index is 12.5. The first-order chi connectivity index (χ1) is 11.5. The lowest BCUT2D eigenvalue weighted by Crippen LogP contribution is -2.32. The van der Waals surface area contributed by atoms with Gasteiger partial charge in [0.2, 0.25) is 11.8 Å². The zero-order chi connectivity index (χ0) is 17.5. The molecule has 0 heterocycles. The summed E-state index contributed by atoms with van der Waals surface area (Å²) < 4.78 is 0. The van der Waals surface area contributed by atoms with Crippen molar-refractivity contribution in [2.75, 3.05) is 18.4 Å². The van der Waals surface area contributed by atoms with Crippen LogP contribution in [0.3, 0.4) is 0 Å². The van der Waals surface area contributed by atoms with Crippen molar-refractivity contribution >= 4 is 23.4 Å². The molecule has 0 unspecified atom stereocenters. The fourth-order valence-corrected chi connectivity index (χ4v) is 3.07. The predicted molar refractivity (Wildman–Crippen MR) is 91.1 cm³/mol. The molecular weight excluding hydrogens is 308 g/mol. The maximum atomic E-state index is 12.5. The molecule has 1 saturated carbocycles. The first-order valence-electron chi connectivity index (χ1n) is 8.19. The van der Waals surface area contributed by atoms with Gasteiger partial charge in [-0.05, 0) is 37.4 Å². The fourth-order valence-electron chi connectivity index (χ4n) is 3.07. The van der Waals surface area contributed by atoms with Gasteiger partial charge in [-0.1, -0.05) is 18.6 Å². The van der Waals surface area contributed by atoms with Gasteiger partial charge in [0, 0.05) is 18.9 Å². The van der Waals surface area contributed by atoms with Gasteiger partial charge in [0.25, 0.3) is 5.91 Å². The average Bonchev–Trinajstić information content (AvgIpc) is 3.03. The normalized spacial score (nSPS) is 19.7. The Kier molecular flexibility index (Phi) is 6.31. The van der Waals surface area contributed by atoms with E-state index in [1.54, 1.807) is 24.3 Å². The molecule has 1 fully saturated rings. The number of hydrogen-bond donors (Lipinski definition) is 4. The molecule has 24 heavy (non-hydrogen) atoms. The summed E-state index contributed by atoms with van der Waals surface area (Å²) in [5.41, 5.74) is 11.6. The van der Waals surface area contributed by atoms with E-state index in [2.05, 4.69) is 10.6 Å². The molecule has 1 aliphatic rings. The van der Waals surface area contributed by atoms with Crippen LogP contribution in [0.2, 0.25) is 0 Å². The Morgan fingerprint density at radius 3 is 2.62 bits per heavy atom. The van der Waals surface area contributed by atoms with Gasteiger partial charge in [0.15, 0.2) is 0 Å². The SMILES string of the molecule is NC[C@H]1CCC[C@H]1C(=O)Nc1ccccc1C(=O)NCCC(N)=O. The maximum Gasteiger partial charge on any atom is 0.253 e. The van der Waals surface area contributed by atoms with Crippen molar-refractivity contribution in [1.29, 1.82) is 0 Å². The van der Waals surface area contributed by atoms with Gasteiger partial charge in [-0.3, -0.25) is 14.4 Å². The molecule has 1 aliphatic carbocycles. The second-order valence-corrected chi connectivity index (χ2v) is 6.04. The van der Waals surface area contributed by atoms with Crippen LogP contribution in [0.15, 0.2) is 24.3 Å². The molecule has 0 saturated heterocycles. The molecule has 7 nitrogen and oxygen atoms in total. The number of rotatable bonds is 7. The molecule has 7 heteroatoms. The minimum atomic E-state index is -0.481. The Balaban J connectivity index is 2.04. The van der Waals surface area contributed by atoms with Crippen molar-refractivity contribution in [3.8, 4) is 0 Å².